The van der Waals surface area contributed by atoms with E-state index < -0.39 is 26.3 Å². The van der Waals surface area contributed by atoms with Crippen LogP contribution in [0.3, 0.4) is 0 Å². The molecule has 0 saturated carbocycles. The third kappa shape index (κ3) is 6.93. The Morgan fingerprint density at radius 1 is 1.25 bits per heavy atom. The molecular formula is C28H38FN3O3Si. The fourth-order valence-corrected chi connectivity index (χ4v) is 5.51. The average molecular weight is 512 g/mol. The Hall–Kier alpha value is -2.73. The maximum Gasteiger partial charge on any atom is 0.410 e. The van der Waals surface area contributed by atoms with Crippen molar-refractivity contribution in [2.45, 2.75) is 64.1 Å². The Morgan fingerprint density at radius 3 is 2.58 bits per heavy atom. The van der Waals surface area contributed by atoms with E-state index in [0.29, 0.717) is 12.1 Å². The van der Waals surface area contributed by atoms with E-state index in [1.165, 1.54) is 12.1 Å². The maximum absolute atomic E-state index is 14.1. The number of carbonyl (C=O) groups is 1. The highest BCUT2D eigenvalue weighted by Gasteiger charge is 2.41. The molecule has 1 fully saturated rings. The lowest BCUT2D eigenvalue weighted by Gasteiger charge is -2.38. The van der Waals surface area contributed by atoms with Crippen molar-refractivity contribution in [3.05, 3.63) is 71.0 Å². The van der Waals surface area contributed by atoms with Crippen LogP contribution in [0.5, 0.6) is 0 Å². The number of halogens is 1. The highest BCUT2D eigenvalue weighted by molar-refractivity contribution is 6.74. The Balaban J connectivity index is 1.75. The zero-order valence-corrected chi connectivity index (χ0v) is 23.3. The summed E-state index contributed by atoms with van der Waals surface area (Å²) in [6.45, 7) is 13.5. The van der Waals surface area contributed by atoms with Crippen molar-refractivity contribution in [2.75, 3.05) is 26.7 Å². The van der Waals surface area contributed by atoms with Crippen molar-refractivity contribution in [3.63, 3.8) is 0 Å². The summed E-state index contributed by atoms with van der Waals surface area (Å²) >= 11 is 0. The van der Waals surface area contributed by atoms with E-state index >= 15 is 0 Å². The summed E-state index contributed by atoms with van der Waals surface area (Å²) in [5.74, 6) is -0.571. The van der Waals surface area contributed by atoms with Gasteiger partial charge in [-0.05, 0) is 47.8 Å². The van der Waals surface area contributed by atoms with E-state index in [-0.39, 0.29) is 23.3 Å². The first-order valence-electron chi connectivity index (χ1n) is 12.4. The van der Waals surface area contributed by atoms with Gasteiger partial charge < -0.3 is 14.1 Å². The third-order valence-electron chi connectivity index (χ3n) is 7.38. The van der Waals surface area contributed by atoms with E-state index in [0.717, 1.165) is 25.1 Å². The average Bonchev–Trinajstić information content (AvgIpc) is 3.27. The molecule has 2 aromatic rings. The maximum atomic E-state index is 14.1. The van der Waals surface area contributed by atoms with Crippen LogP contribution in [0, 0.1) is 17.1 Å². The van der Waals surface area contributed by atoms with Gasteiger partial charge in [-0.25, -0.2) is 9.18 Å². The molecule has 0 bridgehead atoms. The lowest BCUT2D eigenvalue weighted by Crippen LogP contribution is -2.45. The van der Waals surface area contributed by atoms with Crippen LogP contribution in [0.25, 0.3) is 0 Å². The number of likely N-dealkylation sites (N-methyl/N-ethyl adjacent to an activating group) is 1. The molecule has 0 aromatic heterocycles. The molecule has 1 heterocycles. The zero-order valence-electron chi connectivity index (χ0n) is 22.3. The van der Waals surface area contributed by atoms with Crippen LogP contribution in [0.4, 0.5) is 9.18 Å². The molecule has 1 aliphatic heterocycles. The molecular weight excluding hydrogens is 473 g/mol. The van der Waals surface area contributed by atoms with Gasteiger partial charge in [-0.15, -0.1) is 0 Å². The van der Waals surface area contributed by atoms with Crippen LogP contribution in [-0.2, 0) is 15.8 Å². The van der Waals surface area contributed by atoms with E-state index in [1.54, 1.807) is 18.0 Å². The third-order valence-corrected chi connectivity index (χ3v) is 11.9. The van der Waals surface area contributed by atoms with Crippen LogP contribution in [0.2, 0.25) is 18.1 Å². The highest BCUT2D eigenvalue weighted by atomic mass is 28.4. The van der Waals surface area contributed by atoms with Gasteiger partial charge in [0.15, 0.2) is 8.32 Å². The SMILES string of the molecule is CN(C(=O)OCc1ccccc1)[C@H](CN1CC[C@H](O[Si](C)(C)C(C)(C)C)C1)c1ccc(F)c(C#N)c1. The molecule has 0 unspecified atom stereocenters. The molecule has 36 heavy (non-hydrogen) atoms. The first kappa shape index (κ1) is 27.8. The minimum atomic E-state index is -1.89. The summed E-state index contributed by atoms with van der Waals surface area (Å²) in [6.07, 6.45) is 0.596. The highest BCUT2D eigenvalue weighted by Crippen LogP contribution is 2.38. The predicted octanol–water partition coefficient (Wildman–Crippen LogP) is 6.10. The number of likely N-dealkylation sites (tertiary alicyclic amines) is 1. The number of nitriles is 1. The lowest BCUT2D eigenvalue weighted by atomic mass is 10.0. The number of rotatable bonds is 8. The molecule has 1 aliphatic rings. The molecule has 0 spiro atoms. The quantitative estimate of drug-likeness (QED) is 0.401. The Labute approximate surface area is 215 Å². The van der Waals surface area contributed by atoms with Gasteiger partial charge in [-0.1, -0.05) is 57.2 Å². The van der Waals surface area contributed by atoms with Crippen LogP contribution < -0.4 is 0 Å². The normalized spacial score (nSPS) is 17.4. The van der Waals surface area contributed by atoms with Crippen LogP contribution >= 0.6 is 0 Å². The van der Waals surface area contributed by atoms with Gasteiger partial charge in [0.25, 0.3) is 0 Å². The molecule has 8 heteroatoms. The topological polar surface area (TPSA) is 65.8 Å². The molecule has 1 amide bonds. The first-order chi connectivity index (χ1) is 16.9. The van der Waals surface area contributed by atoms with E-state index in [2.05, 4.69) is 38.8 Å². The fourth-order valence-electron chi connectivity index (χ4n) is 4.13. The zero-order chi connectivity index (χ0) is 26.5. The number of carbonyl (C=O) groups excluding carboxylic acids is 1. The molecule has 2 aromatic carbocycles. The summed E-state index contributed by atoms with van der Waals surface area (Å²) in [5, 5.41) is 9.49. The predicted molar refractivity (Wildman–Crippen MR) is 141 cm³/mol. The monoisotopic (exact) mass is 511 g/mol. The van der Waals surface area contributed by atoms with Gasteiger partial charge in [0.05, 0.1) is 17.7 Å². The van der Waals surface area contributed by atoms with Crippen molar-refractivity contribution >= 4 is 14.4 Å². The van der Waals surface area contributed by atoms with E-state index in [9.17, 15) is 14.4 Å². The smallest absolute Gasteiger partial charge is 0.410 e. The summed E-state index contributed by atoms with van der Waals surface area (Å²) in [4.78, 5) is 16.8. The second-order valence-electron chi connectivity index (χ2n) is 11.1. The lowest BCUT2D eigenvalue weighted by molar-refractivity contribution is 0.0819. The number of amides is 1. The molecule has 194 valence electrons. The summed E-state index contributed by atoms with van der Waals surface area (Å²) in [5.41, 5.74) is 1.56. The molecule has 0 radical (unpaired) electrons. The van der Waals surface area contributed by atoms with E-state index in [1.807, 2.05) is 36.4 Å². The largest absolute Gasteiger partial charge is 0.445 e. The molecule has 6 nitrogen and oxygen atoms in total. The van der Waals surface area contributed by atoms with Crippen molar-refractivity contribution in [2.24, 2.45) is 0 Å². The fraction of sp³-hybridized carbons (Fsp3) is 0.500. The summed E-state index contributed by atoms with van der Waals surface area (Å²) in [6, 6.07) is 15.5. The minimum Gasteiger partial charge on any atom is -0.445 e. The van der Waals surface area contributed by atoms with E-state index in [4.69, 9.17) is 9.16 Å². The van der Waals surface area contributed by atoms with Crippen molar-refractivity contribution < 1.29 is 18.3 Å². The molecule has 1 saturated heterocycles. The van der Waals surface area contributed by atoms with Gasteiger partial charge in [-0.3, -0.25) is 4.90 Å². The Morgan fingerprint density at radius 2 is 1.94 bits per heavy atom. The van der Waals surface area contributed by atoms with Gasteiger partial charge in [-0.2, -0.15) is 5.26 Å². The number of hydrogen-bond acceptors (Lipinski definition) is 5. The summed E-state index contributed by atoms with van der Waals surface area (Å²) < 4.78 is 26.3. The van der Waals surface area contributed by atoms with Crippen LogP contribution in [0.1, 0.15) is 49.9 Å². The van der Waals surface area contributed by atoms with Gasteiger partial charge in [0.1, 0.15) is 18.5 Å². The minimum absolute atomic E-state index is 0.0379. The molecule has 3 rings (SSSR count). The molecule has 0 N–H and O–H groups in total. The van der Waals surface area contributed by atoms with Crippen LogP contribution in [-0.4, -0.2) is 57.0 Å². The standard InChI is InChI=1S/C28H38FN3O3Si/c1-28(2,3)36(5,6)35-24-14-15-32(18-24)19-26(22-12-13-25(29)23(16-22)17-30)31(4)27(33)34-20-21-10-8-7-9-11-21/h7-13,16,24,26H,14-15,18-20H2,1-6H3/t24-,26+/m0/s1. The number of nitrogens with zero attached hydrogens (tertiary/aromatic N) is 3. The van der Waals surface area contributed by atoms with Gasteiger partial charge in [0.2, 0.25) is 0 Å². The molecule has 2 atom stereocenters. The van der Waals surface area contributed by atoms with Crippen molar-refractivity contribution in [3.8, 4) is 6.07 Å². The Kier molecular flexibility index (Phi) is 8.93. The second kappa shape index (κ2) is 11.5. The number of ether oxygens (including phenoxy) is 1. The second-order valence-corrected chi connectivity index (χ2v) is 15.8. The number of hydrogen-bond donors (Lipinski definition) is 0. The first-order valence-corrected chi connectivity index (χ1v) is 15.4. The summed E-state index contributed by atoms with van der Waals surface area (Å²) in [7, 11) is -0.206. The van der Waals surface area contributed by atoms with Gasteiger partial charge >= 0.3 is 6.09 Å². The van der Waals surface area contributed by atoms with Crippen LogP contribution in [0.15, 0.2) is 48.5 Å². The molecule has 0 aliphatic carbocycles. The van der Waals surface area contributed by atoms with Crippen molar-refractivity contribution in [1.82, 2.24) is 9.80 Å². The van der Waals surface area contributed by atoms with Gasteiger partial charge in [0, 0.05) is 26.7 Å². The van der Waals surface area contributed by atoms with Crippen molar-refractivity contribution in [1.29, 1.82) is 5.26 Å². The number of benzene rings is 2. The Bertz CT molecular complexity index is 1080.